The molecule has 0 atom stereocenters. The van der Waals surface area contributed by atoms with Gasteiger partial charge >= 0.3 is 5.97 Å². The van der Waals surface area contributed by atoms with Crippen LogP contribution in [0.2, 0.25) is 5.02 Å². The first-order valence-corrected chi connectivity index (χ1v) is 11.0. The van der Waals surface area contributed by atoms with Gasteiger partial charge in [0.25, 0.3) is 0 Å². The highest BCUT2D eigenvalue weighted by Crippen LogP contribution is 2.35. The van der Waals surface area contributed by atoms with Crippen LogP contribution in [0.1, 0.15) is 34.0 Å². The molecule has 3 aromatic carbocycles. The van der Waals surface area contributed by atoms with Crippen LogP contribution in [0.3, 0.4) is 0 Å². The molecule has 0 aliphatic rings. The van der Waals surface area contributed by atoms with E-state index in [4.69, 9.17) is 21.1 Å². The van der Waals surface area contributed by atoms with Gasteiger partial charge in [-0.2, -0.15) is 0 Å². The highest BCUT2D eigenvalue weighted by molar-refractivity contribution is 9.10. The second-order valence-electron chi connectivity index (χ2n) is 6.84. The van der Waals surface area contributed by atoms with Crippen molar-refractivity contribution in [2.75, 3.05) is 11.9 Å². The number of carboxylic acids is 1. The Kier molecular flexibility index (Phi) is 7.82. The number of aromatic carboxylic acids is 1. The average molecular weight is 505 g/mol. The number of hydrogen-bond donors (Lipinski definition) is 2. The first-order valence-electron chi connectivity index (χ1n) is 9.79. The third-order valence-electron chi connectivity index (χ3n) is 4.79. The van der Waals surface area contributed by atoms with Crippen LogP contribution < -0.4 is 14.8 Å². The summed E-state index contributed by atoms with van der Waals surface area (Å²) in [5.74, 6) is 0.299. The molecule has 0 radical (unpaired) electrons. The van der Waals surface area contributed by atoms with Gasteiger partial charge in [-0.25, -0.2) is 4.79 Å². The van der Waals surface area contributed by atoms with Gasteiger partial charge in [0.1, 0.15) is 6.61 Å². The lowest BCUT2D eigenvalue weighted by molar-refractivity contribution is 0.0696. The largest absolute Gasteiger partial charge is 0.490 e. The minimum Gasteiger partial charge on any atom is -0.490 e. The van der Waals surface area contributed by atoms with Crippen molar-refractivity contribution in [3.05, 3.63) is 86.3 Å². The molecule has 0 aliphatic heterocycles. The van der Waals surface area contributed by atoms with E-state index in [2.05, 4.69) is 21.2 Å². The second-order valence-corrected chi connectivity index (χ2v) is 8.10. The molecule has 5 nitrogen and oxygen atoms in total. The van der Waals surface area contributed by atoms with Gasteiger partial charge in [-0.15, -0.1) is 0 Å². The zero-order valence-electron chi connectivity index (χ0n) is 17.2. The van der Waals surface area contributed by atoms with Crippen molar-refractivity contribution in [3.8, 4) is 11.5 Å². The second kappa shape index (κ2) is 10.6. The summed E-state index contributed by atoms with van der Waals surface area (Å²) in [5.41, 5.74) is 3.58. The molecule has 3 aromatic rings. The Morgan fingerprint density at radius 3 is 2.52 bits per heavy atom. The topological polar surface area (TPSA) is 67.8 Å². The van der Waals surface area contributed by atoms with Gasteiger partial charge in [0.05, 0.1) is 12.2 Å². The molecule has 0 heterocycles. The van der Waals surface area contributed by atoms with E-state index in [1.54, 1.807) is 19.1 Å². The molecule has 0 unspecified atom stereocenters. The van der Waals surface area contributed by atoms with Crippen molar-refractivity contribution >= 4 is 39.2 Å². The maximum Gasteiger partial charge on any atom is 0.336 e. The number of carbonyl (C=O) groups is 1. The van der Waals surface area contributed by atoms with Gasteiger partial charge in [-0.05, 0) is 55.3 Å². The molecule has 162 valence electrons. The van der Waals surface area contributed by atoms with Crippen molar-refractivity contribution in [2.45, 2.75) is 27.0 Å². The fourth-order valence-corrected chi connectivity index (χ4v) is 3.77. The number of ether oxygens (including phenoxy) is 2. The lowest BCUT2D eigenvalue weighted by Gasteiger charge is -2.17. The van der Waals surface area contributed by atoms with Crippen LogP contribution in [0, 0.1) is 6.92 Å². The summed E-state index contributed by atoms with van der Waals surface area (Å²) in [6.45, 7) is 5.01. The predicted octanol–water partition coefficient (Wildman–Crippen LogP) is 6.70. The standard InChI is InChI=1S/C24H23BrClNO4/c1-3-30-22-11-17(13-27-21-10-6-8-18(15(21)2)24(28)29)19(25)12-23(22)31-14-16-7-4-5-9-20(16)26/h4-12,27H,3,13-14H2,1-2H3,(H,28,29). The van der Waals surface area contributed by atoms with Gasteiger partial charge in [-0.1, -0.05) is 51.8 Å². The number of nitrogens with one attached hydrogen (secondary N) is 1. The fraction of sp³-hybridized carbons (Fsp3) is 0.208. The SMILES string of the molecule is CCOc1cc(CNc2cccc(C(=O)O)c2C)c(Br)cc1OCc1ccccc1Cl. The van der Waals surface area contributed by atoms with E-state index in [0.717, 1.165) is 21.3 Å². The summed E-state index contributed by atoms with van der Waals surface area (Å²) in [4.78, 5) is 11.4. The Morgan fingerprint density at radius 1 is 1.06 bits per heavy atom. The first-order chi connectivity index (χ1) is 14.9. The zero-order valence-corrected chi connectivity index (χ0v) is 19.6. The van der Waals surface area contributed by atoms with Crippen LogP contribution in [0.5, 0.6) is 11.5 Å². The molecule has 0 amide bonds. The molecule has 31 heavy (non-hydrogen) atoms. The van der Waals surface area contributed by atoms with E-state index < -0.39 is 5.97 Å². The molecule has 0 saturated carbocycles. The molecule has 0 spiro atoms. The van der Waals surface area contributed by atoms with Gasteiger partial charge in [0.2, 0.25) is 0 Å². The van der Waals surface area contributed by atoms with E-state index in [1.807, 2.05) is 49.4 Å². The minimum atomic E-state index is -0.944. The third-order valence-corrected chi connectivity index (χ3v) is 5.89. The van der Waals surface area contributed by atoms with E-state index in [0.29, 0.717) is 41.8 Å². The number of anilines is 1. The summed E-state index contributed by atoms with van der Waals surface area (Å²) < 4.78 is 12.6. The van der Waals surface area contributed by atoms with Crippen LogP contribution in [0.25, 0.3) is 0 Å². The van der Waals surface area contributed by atoms with Crippen molar-refractivity contribution in [1.82, 2.24) is 0 Å². The molecule has 0 aliphatic carbocycles. The van der Waals surface area contributed by atoms with E-state index >= 15 is 0 Å². The van der Waals surface area contributed by atoms with Crippen LogP contribution in [0.4, 0.5) is 5.69 Å². The van der Waals surface area contributed by atoms with Crippen molar-refractivity contribution in [2.24, 2.45) is 0 Å². The summed E-state index contributed by atoms with van der Waals surface area (Å²) in [6, 6.07) is 16.5. The highest BCUT2D eigenvalue weighted by atomic mass is 79.9. The third kappa shape index (κ3) is 5.71. The summed E-state index contributed by atoms with van der Waals surface area (Å²) >= 11 is 9.83. The Bertz CT molecular complexity index is 1090. The van der Waals surface area contributed by atoms with Gasteiger partial charge in [0, 0.05) is 27.3 Å². The van der Waals surface area contributed by atoms with E-state index in [1.165, 1.54) is 0 Å². The Morgan fingerprint density at radius 2 is 1.81 bits per heavy atom. The number of hydrogen-bond acceptors (Lipinski definition) is 4. The lowest BCUT2D eigenvalue weighted by atomic mass is 10.1. The van der Waals surface area contributed by atoms with Crippen LogP contribution in [0.15, 0.2) is 59.1 Å². The molecular formula is C24H23BrClNO4. The normalized spacial score (nSPS) is 10.6. The minimum absolute atomic E-state index is 0.280. The molecule has 0 saturated heterocycles. The maximum absolute atomic E-state index is 11.4. The smallest absolute Gasteiger partial charge is 0.336 e. The number of benzene rings is 3. The predicted molar refractivity (Wildman–Crippen MR) is 127 cm³/mol. The Balaban J connectivity index is 1.79. The molecule has 0 bridgehead atoms. The molecule has 3 rings (SSSR count). The summed E-state index contributed by atoms with van der Waals surface area (Å²) in [7, 11) is 0. The lowest BCUT2D eigenvalue weighted by Crippen LogP contribution is -2.07. The number of halogens is 2. The quantitative estimate of drug-likeness (QED) is 0.339. The van der Waals surface area contributed by atoms with E-state index in [-0.39, 0.29) is 5.56 Å². The Hall–Kier alpha value is -2.70. The fourth-order valence-electron chi connectivity index (χ4n) is 3.11. The molecule has 2 N–H and O–H groups in total. The van der Waals surface area contributed by atoms with Gasteiger partial charge < -0.3 is 19.9 Å². The molecule has 0 fully saturated rings. The number of carboxylic acid groups (broad SMARTS) is 1. The van der Waals surface area contributed by atoms with Crippen molar-refractivity contribution < 1.29 is 19.4 Å². The maximum atomic E-state index is 11.4. The van der Waals surface area contributed by atoms with Gasteiger partial charge in [0.15, 0.2) is 11.5 Å². The van der Waals surface area contributed by atoms with Crippen LogP contribution in [-0.4, -0.2) is 17.7 Å². The van der Waals surface area contributed by atoms with Crippen molar-refractivity contribution in [1.29, 1.82) is 0 Å². The van der Waals surface area contributed by atoms with Crippen LogP contribution >= 0.6 is 27.5 Å². The molecule has 0 aromatic heterocycles. The summed E-state index contributed by atoms with van der Waals surface area (Å²) in [5, 5.41) is 13.3. The number of rotatable bonds is 9. The van der Waals surface area contributed by atoms with Gasteiger partial charge in [-0.3, -0.25) is 0 Å². The molecular weight excluding hydrogens is 482 g/mol. The average Bonchev–Trinajstić information content (AvgIpc) is 2.74. The highest BCUT2D eigenvalue weighted by Gasteiger charge is 2.14. The monoisotopic (exact) mass is 503 g/mol. The Labute approximate surface area is 195 Å². The van der Waals surface area contributed by atoms with E-state index in [9.17, 15) is 9.90 Å². The first kappa shape index (κ1) is 23.0. The summed E-state index contributed by atoms with van der Waals surface area (Å²) in [6.07, 6.45) is 0. The van der Waals surface area contributed by atoms with Crippen molar-refractivity contribution in [3.63, 3.8) is 0 Å². The molecule has 7 heteroatoms. The van der Waals surface area contributed by atoms with Crippen LogP contribution in [-0.2, 0) is 13.2 Å². The zero-order chi connectivity index (χ0) is 22.4.